The number of ether oxygens (including phenoxy) is 3. The molecular formula is C64H116O6. The van der Waals surface area contributed by atoms with Crippen LogP contribution in [-0.4, -0.2) is 37.2 Å². The Labute approximate surface area is 435 Å². The molecule has 408 valence electrons. The van der Waals surface area contributed by atoms with Gasteiger partial charge in [-0.3, -0.25) is 14.4 Å². The molecule has 70 heavy (non-hydrogen) atoms. The molecule has 0 aliphatic heterocycles. The topological polar surface area (TPSA) is 78.9 Å². The normalized spacial score (nSPS) is 12.3. The van der Waals surface area contributed by atoms with E-state index in [0.29, 0.717) is 19.3 Å². The molecule has 0 amide bonds. The van der Waals surface area contributed by atoms with Crippen LogP contribution in [0.5, 0.6) is 0 Å². The lowest BCUT2D eigenvalue weighted by Gasteiger charge is -2.18. The lowest BCUT2D eigenvalue weighted by Crippen LogP contribution is -2.30. The van der Waals surface area contributed by atoms with Crippen LogP contribution >= 0.6 is 0 Å². The second-order valence-corrected chi connectivity index (χ2v) is 20.6. The van der Waals surface area contributed by atoms with E-state index in [2.05, 4.69) is 69.4 Å². The summed E-state index contributed by atoms with van der Waals surface area (Å²) in [6, 6.07) is 0. The molecule has 0 fully saturated rings. The van der Waals surface area contributed by atoms with E-state index >= 15 is 0 Å². The van der Waals surface area contributed by atoms with Crippen LogP contribution in [0.3, 0.4) is 0 Å². The fourth-order valence-electron chi connectivity index (χ4n) is 8.92. The molecule has 0 aliphatic rings. The smallest absolute Gasteiger partial charge is 0.306 e. The molecule has 0 aromatic heterocycles. The van der Waals surface area contributed by atoms with Gasteiger partial charge in [-0.15, -0.1) is 0 Å². The van der Waals surface area contributed by atoms with Gasteiger partial charge in [-0.25, -0.2) is 0 Å². The van der Waals surface area contributed by atoms with E-state index in [1.807, 2.05) is 0 Å². The predicted octanol–water partition coefficient (Wildman–Crippen LogP) is 20.6. The number of hydrogen-bond acceptors (Lipinski definition) is 6. The first kappa shape index (κ1) is 67.4. The summed E-state index contributed by atoms with van der Waals surface area (Å²) >= 11 is 0. The zero-order valence-corrected chi connectivity index (χ0v) is 46.8. The van der Waals surface area contributed by atoms with E-state index in [1.165, 1.54) is 205 Å². The molecule has 0 aromatic rings. The number of unbranched alkanes of at least 4 members (excludes halogenated alkanes) is 37. The molecule has 1 unspecified atom stereocenters. The van der Waals surface area contributed by atoms with E-state index in [9.17, 15) is 14.4 Å². The highest BCUT2D eigenvalue weighted by molar-refractivity contribution is 5.71. The number of allylic oxidation sites excluding steroid dienone is 8. The van der Waals surface area contributed by atoms with Gasteiger partial charge in [0, 0.05) is 19.3 Å². The third-order valence-electron chi connectivity index (χ3n) is 13.6. The van der Waals surface area contributed by atoms with Gasteiger partial charge in [-0.05, 0) is 83.5 Å². The Kier molecular flexibility index (Phi) is 56.7. The summed E-state index contributed by atoms with van der Waals surface area (Å²) < 4.78 is 16.9. The van der Waals surface area contributed by atoms with Gasteiger partial charge in [0.15, 0.2) is 6.10 Å². The minimum absolute atomic E-state index is 0.0736. The Morgan fingerprint density at radius 3 is 0.814 bits per heavy atom. The van der Waals surface area contributed by atoms with Gasteiger partial charge in [0.05, 0.1) is 0 Å². The molecule has 0 aliphatic carbocycles. The van der Waals surface area contributed by atoms with Gasteiger partial charge in [0.1, 0.15) is 13.2 Å². The molecule has 0 rings (SSSR count). The second-order valence-electron chi connectivity index (χ2n) is 20.6. The van der Waals surface area contributed by atoms with Crippen LogP contribution in [0.2, 0.25) is 0 Å². The summed E-state index contributed by atoms with van der Waals surface area (Å²) in [5, 5.41) is 0. The zero-order valence-electron chi connectivity index (χ0n) is 46.8. The molecular weight excluding hydrogens is 865 g/mol. The van der Waals surface area contributed by atoms with Crippen LogP contribution in [0.25, 0.3) is 0 Å². The Morgan fingerprint density at radius 2 is 0.514 bits per heavy atom. The number of hydrogen-bond donors (Lipinski definition) is 0. The summed E-state index contributed by atoms with van der Waals surface area (Å²) in [6.45, 7) is 6.63. The maximum atomic E-state index is 12.9. The molecule has 0 aromatic carbocycles. The maximum absolute atomic E-state index is 12.9. The highest BCUT2D eigenvalue weighted by Crippen LogP contribution is 2.16. The number of esters is 3. The monoisotopic (exact) mass is 981 g/mol. The van der Waals surface area contributed by atoms with Gasteiger partial charge in [-0.2, -0.15) is 0 Å². The van der Waals surface area contributed by atoms with Crippen molar-refractivity contribution in [2.45, 2.75) is 329 Å². The molecule has 0 N–H and O–H groups in total. The second kappa shape index (κ2) is 58.9. The predicted molar refractivity (Wildman–Crippen MR) is 302 cm³/mol. The van der Waals surface area contributed by atoms with E-state index in [1.54, 1.807) is 0 Å². The summed E-state index contributed by atoms with van der Waals surface area (Å²) in [7, 11) is 0. The molecule has 1 atom stereocenters. The molecule has 0 saturated carbocycles. The lowest BCUT2D eigenvalue weighted by molar-refractivity contribution is -0.167. The van der Waals surface area contributed by atoms with Gasteiger partial charge in [-0.1, -0.05) is 268 Å². The van der Waals surface area contributed by atoms with Crippen LogP contribution in [0, 0.1) is 0 Å². The first-order valence-corrected chi connectivity index (χ1v) is 30.6. The van der Waals surface area contributed by atoms with Gasteiger partial charge in [0.25, 0.3) is 0 Å². The van der Waals surface area contributed by atoms with E-state index in [-0.39, 0.29) is 31.1 Å². The van der Waals surface area contributed by atoms with Crippen molar-refractivity contribution >= 4 is 17.9 Å². The fraction of sp³-hybridized carbons (Fsp3) is 0.828. The molecule has 6 nitrogen and oxygen atoms in total. The first-order chi connectivity index (χ1) is 34.5. The average molecular weight is 982 g/mol. The van der Waals surface area contributed by atoms with E-state index < -0.39 is 6.10 Å². The van der Waals surface area contributed by atoms with Crippen molar-refractivity contribution in [1.29, 1.82) is 0 Å². The van der Waals surface area contributed by atoms with Crippen LogP contribution in [0.4, 0.5) is 0 Å². The molecule has 0 saturated heterocycles. The maximum Gasteiger partial charge on any atom is 0.306 e. The standard InChI is InChI=1S/C64H116O6/c1-4-7-10-13-16-19-22-25-27-29-30-31-32-33-34-36-37-39-42-45-48-51-54-57-63(66)69-60-61(59-68-62(65)56-53-50-47-44-41-24-21-18-15-12-9-6-3)70-64(67)58-55-52-49-46-43-40-38-35-28-26-23-20-17-14-11-8-5-2/h17,20,22,25-26,28-30,61H,4-16,18-19,21,23-24,27,31-60H2,1-3H3/b20-17-,25-22-,28-26-,30-29-. The number of carbonyl (C=O) groups is 3. The van der Waals surface area contributed by atoms with Crippen LogP contribution in [-0.2, 0) is 28.6 Å². The van der Waals surface area contributed by atoms with Crippen molar-refractivity contribution in [2.24, 2.45) is 0 Å². The molecule has 0 radical (unpaired) electrons. The third-order valence-corrected chi connectivity index (χ3v) is 13.6. The van der Waals surface area contributed by atoms with Crippen molar-refractivity contribution in [2.75, 3.05) is 13.2 Å². The molecule has 0 bridgehead atoms. The summed E-state index contributed by atoms with van der Waals surface area (Å²) in [5.41, 5.74) is 0. The van der Waals surface area contributed by atoms with Crippen molar-refractivity contribution in [3.63, 3.8) is 0 Å². The average Bonchev–Trinajstić information content (AvgIpc) is 3.36. The van der Waals surface area contributed by atoms with Crippen LogP contribution < -0.4 is 0 Å². The fourth-order valence-corrected chi connectivity index (χ4v) is 8.92. The first-order valence-electron chi connectivity index (χ1n) is 30.6. The molecule has 6 heteroatoms. The van der Waals surface area contributed by atoms with Gasteiger partial charge >= 0.3 is 17.9 Å². The van der Waals surface area contributed by atoms with Gasteiger partial charge in [0.2, 0.25) is 0 Å². The quantitative estimate of drug-likeness (QED) is 0.0261. The summed E-state index contributed by atoms with van der Waals surface area (Å²) in [4.78, 5) is 38.2. The van der Waals surface area contributed by atoms with Crippen molar-refractivity contribution in [3.8, 4) is 0 Å². The van der Waals surface area contributed by atoms with E-state index in [4.69, 9.17) is 14.2 Å². The summed E-state index contributed by atoms with van der Waals surface area (Å²) in [5.74, 6) is -0.867. The van der Waals surface area contributed by atoms with Crippen molar-refractivity contribution in [1.82, 2.24) is 0 Å². The van der Waals surface area contributed by atoms with Crippen molar-refractivity contribution in [3.05, 3.63) is 48.6 Å². The third kappa shape index (κ3) is 56.3. The zero-order chi connectivity index (χ0) is 50.7. The number of rotatable bonds is 56. The minimum Gasteiger partial charge on any atom is -0.462 e. The SMILES string of the molecule is CCCCC/C=C\C/C=C\CCCCCCCCCC(=O)OC(COC(=O)CCCCCCCCCCCCCC)COC(=O)CCCCCCCCCCCCC/C=C\C/C=C\CCCCCCC. The van der Waals surface area contributed by atoms with Gasteiger partial charge < -0.3 is 14.2 Å². The van der Waals surface area contributed by atoms with Crippen LogP contribution in [0.15, 0.2) is 48.6 Å². The highest BCUT2D eigenvalue weighted by Gasteiger charge is 2.19. The van der Waals surface area contributed by atoms with Crippen molar-refractivity contribution < 1.29 is 28.6 Å². The lowest BCUT2D eigenvalue weighted by atomic mass is 10.0. The summed E-state index contributed by atoms with van der Waals surface area (Å²) in [6.07, 6.45) is 72.5. The Bertz CT molecular complexity index is 1220. The van der Waals surface area contributed by atoms with Crippen LogP contribution in [0.1, 0.15) is 323 Å². The number of carbonyl (C=O) groups excluding carboxylic acids is 3. The minimum atomic E-state index is -0.776. The largest absolute Gasteiger partial charge is 0.462 e. The Hall–Kier alpha value is -2.63. The van der Waals surface area contributed by atoms with E-state index in [0.717, 1.165) is 77.0 Å². The Balaban J connectivity index is 4.29. The molecule has 0 spiro atoms. The molecule has 0 heterocycles. The Morgan fingerprint density at radius 1 is 0.286 bits per heavy atom. The highest BCUT2D eigenvalue weighted by atomic mass is 16.6.